The Morgan fingerprint density at radius 3 is 2.56 bits per heavy atom. The van der Waals surface area contributed by atoms with E-state index in [1.54, 1.807) is 6.07 Å². The third-order valence-electron chi connectivity index (χ3n) is 5.43. The smallest absolute Gasteiger partial charge is 0.293 e. The highest BCUT2D eigenvalue weighted by Gasteiger charge is 2.29. The summed E-state index contributed by atoms with van der Waals surface area (Å²) in [6, 6.07) is 3.70. The number of aromatic amines is 1. The highest BCUT2D eigenvalue weighted by atomic mass is 16.6. The van der Waals surface area contributed by atoms with Crippen molar-refractivity contribution in [2.45, 2.75) is 31.7 Å². The van der Waals surface area contributed by atoms with E-state index < -0.39 is 4.92 Å². The first-order valence-corrected chi connectivity index (χ1v) is 8.78. The molecule has 1 aromatic carbocycles. The van der Waals surface area contributed by atoms with Crippen molar-refractivity contribution in [3.05, 3.63) is 38.9 Å². The predicted octanol–water partition coefficient (Wildman–Crippen LogP) is 1.90. The fourth-order valence-corrected chi connectivity index (χ4v) is 4.09. The number of rotatable bonds is 3. The minimum Gasteiger partial charge on any atom is -0.363 e. The van der Waals surface area contributed by atoms with E-state index in [2.05, 4.69) is 14.9 Å². The molecule has 132 valence electrons. The van der Waals surface area contributed by atoms with Gasteiger partial charge in [-0.1, -0.05) is 12.8 Å². The average molecular weight is 343 g/mol. The van der Waals surface area contributed by atoms with Crippen molar-refractivity contribution >= 4 is 22.3 Å². The molecule has 1 aromatic heterocycles. The predicted molar refractivity (Wildman–Crippen MR) is 95.1 cm³/mol. The maximum absolute atomic E-state index is 11.9. The summed E-state index contributed by atoms with van der Waals surface area (Å²) in [6.45, 7) is 3.35. The van der Waals surface area contributed by atoms with Crippen LogP contribution in [0.3, 0.4) is 0 Å². The van der Waals surface area contributed by atoms with Gasteiger partial charge in [0, 0.05) is 38.3 Å². The molecule has 1 aliphatic heterocycles. The Kier molecular flexibility index (Phi) is 4.12. The maximum Gasteiger partial charge on any atom is 0.293 e. The van der Waals surface area contributed by atoms with Gasteiger partial charge < -0.3 is 9.88 Å². The molecule has 8 nitrogen and oxygen atoms in total. The summed E-state index contributed by atoms with van der Waals surface area (Å²) in [6.07, 6.45) is 6.48. The average Bonchev–Trinajstić information content (AvgIpc) is 3.16. The number of hydrogen-bond acceptors (Lipinski definition) is 6. The van der Waals surface area contributed by atoms with Crippen LogP contribution >= 0.6 is 0 Å². The van der Waals surface area contributed by atoms with Crippen LogP contribution in [-0.2, 0) is 0 Å². The number of nitro groups is 1. The molecule has 0 amide bonds. The van der Waals surface area contributed by atoms with Crippen molar-refractivity contribution in [2.75, 3.05) is 31.1 Å². The van der Waals surface area contributed by atoms with Crippen molar-refractivity contribution < 1.29 is 4.92 Å². The van der Waals surface area contributed by atoms with Gasteiger partial charge in [0.25, 0.3) is 11.2 Å². The second-order valence-corrected chi connectivity index (χ2v) is 6.81. The van der Waals surface area contributed by atoms with Gasteiger partial charge >= 0.3 is 0 Å². The number of nitro benzene ring substituents is 1. The van der Waals surface area contributed by atoms with Gasteiger partial charge in [0.15, 0.2) is 0 Å². The molecular formula is C17H21N5O3. The number of anilines is 1. The number of hydrogen-bond donors (Lipinski definition) is 1. The number of piperazine rings is 1. The zero-order valence-electron chi connectivity index (χ0n) is 14.0. The molecule has 0 unspecified atom stereocenters. The van der Waals surface area contributed by atoms with Crippen LogP contribution in [0.25, 0.3) is 10.9 Å². The van der Waals surface area contributed by atoms with Gasteiger partial charge in [-0.25, -0.2) is 4.98 Å². The van der Waals surface area contributed by atoms with Crippen LogP contribution in [0, 0.1) is 10.1 Å². The Hall–Kier alpha value is -2.48. The summed E-state index contributed by atoms with van der Waals surface area (Å²) in [4.78, 5) is 34.2. The Labute approximate surface area is 144 Å². The summed E-state index contributed by atoms with van der Waals surface area (Å²) >= 11 is 0. The van der Waals surface area contributed by atoms with Gasteiger partial charge in [-0.3, -0.25) is 19.8 Å². The lowest BCUT2D eigenvalue weighted by Gasteiger charge is -2.38. The van der Waals surface area contributed by atoms with E-state index in [0.717, 1.165) is 26.2 Å². The monoisotopic (exact) mass is 343 g/mol. The lowest BCUT2D eigenvalue weighted by molar-refractivity contribution is -0.384. The summed E-state index contributed by atoms with van der Waals surface area (Å²) < 4.78 is 0. The number of benzene rings is 1. The normalized spacial score (nSPS) is 19.6. The molecule has 2 fully saturated rings. The molecular weight excluding hydrogens is 322 g/mol. The topological polar surface area (TPSA) is 95.4 Å². The standard InChI is InChI=1S/C17H21N5O3/c23-17-13-9-16(22(24)25)15(10-14(13)18-11-19-17)21-7-5-20(6-8-21)12-3-1-2-4-12/h9-12H,1-8H2,(H,18,19,23). The minimum atomic E-state index is -0.412. The molecule has 2 heterocycles. The van der Waals surface area contributed by atoms with Crippen LogP contribution in [0.4, 0.5) is 11.4 Å². The van der Waals surface area contributed by atoms with E-state index in [9.17, 15) is 14.9 Å². The largest absolute Gasteiger partial charge is 0.363 e. The highest BCUT2D eigenvalue weighted by Crippen LogP contribution is 2.33. The molecule has 4 rings (SSSR count). The Balaban J connectivity index is 1.63. The first kappa shape index (κ1) is 16.0. The first-order valence-electron chi connectivity index (χ1n) is 8.78. The van der Waals surface area contributed by atoms with Gasteiger partial charge in [-0.2, -0.15) is 0 Å². The molecule has 0 atom stereocenters. The van der Waals surface area contributed by atoms with Crippen molar-refractivity contribution in [3.63, 3.8) is 0 Å². The number of nitrogens with zero attached hydrogens (tertiary/aromatic N) is 4. The fraction of sp³-hybridized carbons (Fsp3) is 0.529. The van der Waals surface area contributed by atoms with Crippen LogP contribution < -0.4 is 10.5 Å². The van der Waals surface area contributed by atoms with Gasteiger partial charge in [0.1, 0.15) is 5.69 Å². The molecule has 2 aliphatic rings. The zero-order chi connectivity index (χ0) is 17.4. The van der Waals surface area contributed by atoms with Crippen LogP contribution in [0.15, 0.2) is 23.3 Å². The molecule has 1 saturated heterocycles. The minimum absolute atomic E-state index is 0.0275. The maximum atomic E-state index is 11.9. The quantitative estimate of drug-likeness (QED) is 0.675. The summed E-state index contributed by atoms with van der Waals surface area (Å²) in [5.41, 5.74) is 0.662. The number of nitrogens with one attached hydrogen (secondary N) is 1. The van der Waals surface area contributed by atoms with Crippen molar-refractivity contribution in [1.29, 1.82) is 0 Å². The second kappa shape index (κ2) is 6.44. The lowest BCUT2D eigenvalue weighted by atomic mass is 10.1. The number of aromatic nitrogens is 2. The molecule has 0 bridgehead atoms. The summed E-state index contributed by atoms with van der Waals surface area (Å²) in [5.74, 6) is 0. The molecule has 1 saturated carbocycles. The molecule has 25 heavy (non-hydrogen) atoms. The molecule has 8 heteroatoms. The van der Waals surface area contributed by atoms with Crippen LogP contribution in [-0.4, -0.2) is 52.0 Å². The second-order valence-electron chi connectivity index (χ2n) is 6.81. The first-order chi connectivity index (χ1) is 12.1. The van der Waals surface area contributed by atoms with E-state index in [4.69, 9.17) is 0 Å². The molecule has 1 N–H and O–H groups in total. The van der Waals surface area contributed by atoms with Crippen LogP contribution in [0.2, 0.25) is 0 Å². The Bertz CT molecular complexity index is 851. The van der Waals surface area contributed by atoms with Gasteiger partial charge in [-0.05, 0) is 18.9 Å². The lowest BCUT2D eigenvalue weighted by Crippen LogP contribution is -2.49. The van der Waals surface area contributed by atoms with E-state index in [1.165, 1.54) is 38.1 Å². The van der Waals surface area contributed by atoms with E-state index >= 15 is 0 Å². The van der Waals surface area contributed by atoms with Crippen molar-refractivity contribution in [1.82, 2.24) is 14.9 Å². The van der Waals surface area contributed by atoms with E-state index in [0.29, 0.717) is 17.2 Å². The number of H-pyrrole nitrogens is 1. The SMILES string of the molecule is O=c1[nH]cnc2cc(N3CCN(C4CCCC4)CC3)c([N+](=O)[O-])cc12. The molecule has 0 spiro atoms. The Morgan fingerprint density at radius 2 is 1.88 bits per heavy atom. The highest BCUT2D eigenvalue weighted by molar-refractivity contribution is 5.87. The third kappa shape index (κ3) is 2.97. The van der Waals surface area contributed by atoms with E-state index in [-0.39, 0.29) is 16.6 Å². The van der Waals surface area contributed by atoms with Gasteiger partial charge in [-0.15, -0.1) is 0 Å². The van der Waals surface area contributed by atoms with Crippen molar-refractivity contribution in [2.24, 2.45) is 0 Å². The third-order valence-corrected chi connectivity index (χ3v) is 5.43. The van der Waals surface area contributed by atoms with E-state index in [1.807, 2.05) is 4.90 Å². The van der Waals surface area contributed by atoms with Gasteiger partial charge in [0.2, 0.25) is 0 Å². The van der Waals surface area contributed by atoms with Crippen LogP contribution in [0.1, 0.15) is 25.7 Å². The fourth-order valence-electron chi connectivity index (χ4n) is 4.09. The molecule has 1 aliphatic carbocycles. The van der Waals surface area contributed by atoms with Crippen molar-refractivity contribution in [3.8, 4) is 0 Å². The van der Waals surface area contributed by atoms with Gasteiger partial charge in [0.05, 0.1) is 22.2 Å². The molecule has 2 aromatic rings. The van der Waals surface area contributed by atoms with Crippen LogP contribution in [0.5, 0.6) is 0 Å². The Morgan fingerprint density at radius 1 is 1.16 bits per heavy atom. The summed E-state index contributed by atoms with van der Waals surface area (Å²) in [7, 11) is 0. The summed E-state index contributed by atoms with van der Waals surface area (Å²) in [5, 5.41) is 11.8. The molecule has 0 radical (unpaired) electrons. The number of fused-ring (bicyclic) bond motifs is 1. The zero-order valence-corrected chi connectivity index (χ0v) is 14.0.